The number of nitrogens with zero attached hydrogens (tertiary/aromatic N) is 3. The van der Waals surface area contributed by atoms with Gasteiger partial charge in [0.05, 0.1) is 6.54 Å². The third-order valence-corrected chi connectivity index (χ3v) is 6.36. The quantitative estimate of drug-likeness (QED) is 0.868. The zero-order chi connectivity index (χ0) is 15.2. The zero-order valence-corrected chi connectivity index (χ0v) is 13.4. The second kappa shape index (κ2) is 5.45. The number of benzene rings is 1. The summed E-state index contributed by atoms with van der Waals surface area (Å²) in [6, 6.07) is 10.0. The summed E-state index contributed by atoms with van der Waals surface area (Å²) >= 11 is 0. The molecule has 0 spiro atoms. The molecule has 0 amide bonds. The molecule has 23 heavy (non-hydrogen) atoms. The van der Waals surface area contributed by atoms with Crippen LogP contribution in [0.1, 0.15) is 31.6 Å². The minimum atomic E-state index is 0.636. The fourth-order valence-corrected chi connectivity index (χ4v) is 5.28. The molecule has 0 N–H and O–H groups in total. The smallest absolute Gasteiger partial charge is 0.247 e. The molecule has 2 atom stereocenters. The van der Waals surface area contributed by atoms with Crippen molar-refractivity contribution in [3.8, 4) is 11.5 Å². The fraction of sp³-hybridized carbons (Fsp3) is 0.579. The van der Waals surface area contributed by atoms with Crippen molar-refractivity contribution < 1.29 is 4.42 Å². The molecule has 2 aromatic rings. The molecule has 2 bridgehead atoms. The maximum atomic E-state index is 5.89. The van der Waals surface area contributed by atoms with E-state index in [1.165, 1.54) is 38.8 Å². The largest absolute Gasteiger partial charge is 0.419 e. The van der Waals surface area contributed by atoms with Crippen molar-refractivity contribution >= 4 is 0 Å². The van der Waals surface area contributed by atoms with E-state index in [0.717, 1.165) is 41.7 Å². The molecule has 1 aliphatic heterocycles. The van der Waals surface area contributed by atoms with Crippen LogP contribution in [0.15, 0.2) is 34.7 Å². The van der Waals surface area contributed by atoms with Gasteiger partial charge in [0.2, 0.25) is 11.8 Å². The molecular weight excluding hydrogens is 286 g/mol. The molecule has 2 heterocycles. The lowest BCUT2D eigenvalue weighted by molar-refractivity contribution is 0.0577. The summed E-state index contributed by atoms with van der Waals surface area (Å²) in [4.78, 5) is 2.55. The van der Waals surface area contributed by atoms with Crippen molar-refractivity contribution in [2.75, 3.05) is 13.1 Å². The molecule has 1 saturated heterocycles. The SMILES string of the molecule is c1ccc(-c2nnc(CN3CC4C5CCC(CC5)C4C3)o2)cc1. The summed E-state index contributed by atoms with van der Waals surface area (Å²) in [5.74, 6) is 5.22. The molecule has 4 aliphatic rings. The van der Waals surface area contributed by atoms with Crippen LogP contribution in [0, 0.1) is 23.7 Å². The van der Waals surface area contributed by atoms with Gasteiger partial charge in [-0.3, -0.25) is 4.90 Å². The van der Waals surface area contributed by atoms with E-state index in [-0.39, 0.29) is 0 Å². The monoisotopic (exact) mass is 309 g/mol. The van der Waals surface area contributed by atoms with Crippen LogP contribution in [-0.4, -0.2) is 28.2 Å². The van der Waals surface area contributed by atoms with E-state index in [1.54, 1.807) is 0 Å². The molecule has 0 radical (unpaired) electrons. The minimum Gasteiger partial charge on any atom is -0.419 e. The van der Waals surface area contributed by atoms with Gasteiger partial charge < -0.3 is 4.42 Å². The Balaban J connectivity index is 1.29. The Labute approximate surface area is 136 Å². The van der Waals surface area contributed by atoms with Gasteiger partial charge in [0, 0.05) is 18.7 Å². The number of hydrogen-bond donors (Lipinski definition) is 0. The van der Waals surface area contributed by atoms with Gasteiger partial charge in [-0.25, -0.2) is 0 Å². The topological polar surface area (TPSA) is 42.2 Å². The second-order valence-corrected chi connectivity index (χ2v) is 7.56. The van der Waals surface area contributed by atoms with Crippen LogP contribution in [0.2, 0.25) is 0 Å². The average Bonchev–Trinajstić information content (AvgIpc) is 3.25. The number of hydrogen-bond acceptors (Lipinski definition) is 4. The molecule has 1 aromatic heterocycles. The maximum absolute atomic E-state index is 5.89. The number of fused-ring (bicyclic) bond motifs is 2. The van der Waals surface area contributed by atoms with Gasteiger partial charge >= 0.3 is 0 Å². The second-order valence-electron chi connectivity index (χ2n) is 7.56. The van der Waals surface area contributed by atoms with Crippen LogP contribution in [0.5, 0.6) is 0 Å². The van der Waals surface area contributed by atoms with Gasteiger partial charge in [-0.15, -0.1) is 10.2 Å². The van der Waals surface area contributed by atoms with Crippen LogP contribution >= 0.6 is 0 Å². The summed E-state index contributed by atoms with van der Waals surface area (Å²) in [6.07, 6.45) is 5.88. The molecule has 4 nitrogen and oxygen atoms in total. The fourth-order valence-electron chi connectivity index (χ4n) is 5.28. The molecule has 6 rings (SSSR count). The summed E-state index contributed by atoms with van der Waals surface area (Å²) in [5.41, 5.74) is 0.999. The van der Waals surface area contributed by atoms with E-state index in [9.17, 15) is 0 Å². The Morgan fingerprint density at radius 2 is 1.57 bits per heavy atom. The Morgan fingerprint density at radius 3 is 2.22 bits per heavy atom. The van der Waals surface area contributed by atoms with Gasteiger partial charge in [-0.05, 0) is 61.5 Å². The van der Waals surface area contributed by atoms with Crippen molar-refractivity contribution in [1.82, 2.24) is 15.1 Å². The first kappa shape index (κ1) is 13.7. The summed E-state index contributed by atoms with van der Waals surface area (Å²) in [5, 5.41) is 8.49. The third kappa shape index (κ3) is 2.40. The Hall–Kier alpha value is -1.68. The van der Waals surface area contributed by atoms with Gasteiger partial charge in [0.1, 0.15) is 0 Å². The molecule has 3 aliphatic carbocycles. The standard InChI is InChI=1S/C19H23N3O/c1-2-4-15(5-3-1)19-21-20-18(23-19)12-22-10-16-13-6-7-14(9-8-13)17(16)11-22/h1-5,13-14,16-17H,6-12H2. The van der Waals surface area contributed by atoms with Gasteiger partial charge in [0.25, 0.3) is 0 Å². The summed E-state index contributed by atoms with van der Waals surface area (Å²) < 4.78 is 5.89. The predicted octanol–water partition coefficient (Wildman–Crippen LogP) is 3.60. The summed E-state index contributed by atoms with van der Waals surface area (Å²) in [6.45, 7) is 3.27. The predicted molar refractivity (Wildman–Crippen MR) is 87.4 cm³/mol. The van der Waals surface area contributed by atoms with Crippen LogP contribution in [0.3, 0.4) is 0 Å². The Morgan fingerprint density at radius 1 is 0.913 bits per heavy atom. The highest BCUT2D eigenvalue weighted by molar-refractivity contribution is 5.51. The molecular formula is C19H23N3O. The molecule has 1 aromatic carbocycles. The normalized spacial score (nSPS) is 33.0. The average molecular weight is 309 g/mol. The maximum Gasteiger partial charge on any atom is 0.247 e. The number of aromatic nitrogens is 2. The van der Waals surface area contributed by atoms with Gasteiger partial charge in [-0.2, -0.15) is 0 Å². The van der Waals surface area contributed by atoms with E-state index in [0.29, 0.717) is 5.89 Å². The molecule has 4 heteroatoms. The highest BCUT2D eigenvalue weighted by atomic mass is 16.4. The summed E-state index contributed by atoms with van der Waals surface area (Å²) in [7, 11) is 0. The van der Waals surface area contributed by atoms with E-state index in [4.69, 9.17) is 4.42 Å². The molecule has 2 unspecified atom stereocenters. The highest BCUT2D eigenvalue weighted by Crippen LogP contribution is 2.51. The van der Waals surface area contributed by atoms with Gasteiger partial charge in [-0.1, -0.05) is 18.2 Å². The molecule has 4 fully saturated rings. The van der Waals surface area contributed by atoms with Crippen molar-refractivity contribution in [2.45, 2.75) is 32.2 Å². The third-order valence-electron chi connectivity index (χ3n) is 6.36. The highest BCUT2D eigenvalue weighted by Gasteiger charge is 2.48. The van der Waals surface area contributed by atoms with Crippen molar-refractivity contribution in [3.63, 3.8) is 0 Å². The Kier molecular flexibility index (Phi) is 3.25. The lowest BCUT2D eigenvalue weighted by Gasteiger charge is -2.45. The van der Waals surface area contributed by atoms with Crippen molar-refractivity contribution in [3.05, 3.63) is 36.2 Å². The van der Waals surface area contributed by atoms with Crippen molar-refractivity contribution in [1.29, 1.82) is 0 Å². The van der Waals surface area contributed by atoms with E-state index in [1.807, 2.05) is 30.3 Å². The zero-order valence-electron chi connectivity index (χ0n) is 13.4. The number of likely N-dealkylation sites (tertiary alicyclic amines) is 1. The lowest BCUT2D eigenvalue weighted by atomic mass is 9.60. The van der Waals surface area contributed by atoms with Crippen LogP contribution < -0.4 is 0 Å². The first-order valence-corrected chi connectivity index (χ1v) is 8.97. The van der Waals surface area contributed by atoms with Gasteiger partial charge in [0.15, 0.2) is 0 Å². The van der Waals surface area contributed by atoms with E-state index >= 15 is 0 Å². The minimum absolute atomic E-state index is 0.636. The molecule has 3 saturated carbocycles. The van der Waals surface area contributed by atoms with E-state index < -0.39 is 0 Å². The lowest BCUT2D eigenvalue weighted by Crippen LogP contribution is -2.38. The Bertz CT molecular complexity index is 655. The van der Waals surface area contributed by atoms with Crippen LogP contribution in [-0.2, 0) is 6.54 Å². The van der Waals surface area contributed by atoms with Crippen molar-refractivity contribution in [2.24, 2.45) is 23.7 Å². The molecule has 120 valence electrons. The van der Waals surface area contributed by atoms with E-state index in [2.05, 4.69) is 15.1 Å². The first-order chi connectivity index (χ1) is 11.4. The van der Waals surface area contributed by atoms with Crippen LogP contribution in [0.25, 0.3) is 11.5 Å². The number of rotatable bonds is 3. The first-order valence-electron chi connectivity index (χ1n) is 8.97. The van der Waals surface area contributed by atoms with Crippen LogP contribution in [0.4, 0.5) is 0 Å².